The molecular weight excluding hydrogens is 690 g/mol. The molecule has 2 atom stereocenters. The van der Waals surface area contributed by atoms with Gasteiger partial charge in [0.2, 0.25) is 11.8 Å². The van der Waals surface area contributed by atoms with Crippen LogP contribution in [0.25, 0.3) is 0 Å². The molecule has 8 nitrogen and oxygen atoms in total. The number of carbonyl (C=O) groups excluding carboxylic acids is 2. The van der Waals surface area contributed by atoms with E-state index in [1.165, 1.54) is 36.3 Å². The maximum atomic E-state index is 14.5. The molecule has 4 rings (SSSR count). The first-order valence-electron chi connectivity index (χ1n) is 14.8. The average Bonchev–Trinajstić information content (AvgIpc) is 3.06. The van der Waals surface area contributed by atoms with Crippen molar-refractivity contribution in [3.8, 4) is 5.75 Å². The normalized spacial score (nSPS) is 12.5. The topological polar surface area (TPSA) is 96.0 Å². The Bertz CT molecular complexity index is 1720. The Morgan fingerprint density at radius 1 is 0.913 bits per heavy atom. The van der Waals surface area contributed by atoms with E-state index in [0.29, 0.717) is 12.2 Å². The number of methoxy groups -OCH3 is 1. The van der Waals surface area contributed by atoms with Gasteiger partial charge in [0, 0.05) is 23.5 Å². The molecule has 0 saturated heterocycles. The van der Waals surface area contributed by atoms with Gasteiger partial charge in [-0.15, -0.1) is 0 Å². The van der Waals surface area contributed by atoms with Crippen LogP contribution in [0.1, 0.15) is 31.4 Å². The monoisotopic (exact) mass is 725 g/mol. The van der Waals surface area contributed by atoms with Gasteiger partial charge in [-0.3, -0.25) is 13.9 Å². The second-order valence-corrected chi connectivity index (χ2v) is 14.0. The molecule has 11 heteroatoms. The van der Waals surface area contributed by atoms with Gasteiger partial charge >= 0.3 is 0 Å². The zero-order valence-electron chi connectivity index (χ0n) is 25.9. The zero-order valence-corrected chi connectivity index (χ0v) is 29.1. The molecule has 0 aliphatic rings. The van der Waals surface area contributed by atoms with E-state index >= 15 is 0 Å². The van der Waals surface area contributed by atoms with Crippen molar-refractivity contribution in [2.45, 2.75) is 50.2 Å². The van der Waals surface area contributed by atoms with Crippen LogP contribution in [0, 0.1) is 0 Å². The van der Waals surface area contributed by atoms with Gasteiger partial charge in [-0.05, 0) is 66.9 Å². The lowest BCUT2D eigenvalue weighted by molar-refractivity contribution is -0.140. The van der Waals surface area contributed by atoms with Crippen molar-refractivity contribution >= 4 is 55.1 Å². The highest BCUT2D eigenvalue weighted by Crippen LogP contribution is 2.32. The van der Waals surface area contributed by atoms with Crippen LogP contribution in [0.3, 0.4) is 0 Å². The van der Waals surface area contributed by atoms with Crippen molar-refractivity contribution in [1.29, 1.82) is 0 Å². The van der Waals surface area contributed by atoms with Crippen molar-refractivity contribution in [3.05, 3.63) is 124 Å². The Morgan fingerprint density at radius 3 is 2.13 bits per heavy atom. The van der Waals surface area contributed by atoms with Gasteiger partial charge in [-0.1, -0.05) is 95.1 Å². The molecule has 0 saturated carbocycles. The molecule has 242 valence electrons. The summed E-state index contributed by atoms with van der Waals surface area (Å²) >= 11 is 9.89. The summed E-state index contributed by atoms with van der Waals surface area (Å²) in [5.74, 6) is -0.529. The molecule has 4 aromatic rings. The summed E-state index contributed by atoms with van der Waals surface area (Å²) < 4.78 is 35.4. The van der Waals surface area contributed by atoms with E-state index < -0.39 is 28.5 Å². The third kappa shape index (κ3) is 8.90. The van der Waals surface area contributed by atoms with Crippen molar-refractivity contribution in [3.63, 3.8) is 0 Å². The SMILES string of the molecule is CCC(C)NC(=O)C(Cc1ccccc1)N(Cc1ccc(Br)cc1)C(=O)CN(c1ccc(OC)c(Cl)c1)S(=O)(=O)c1ccccc1. The van der Waals surface area contributed by atoms with Crippen LogP contribution in [0.4, 0.5) is 5.69 Å². The molecule has 0 fully saturated rings. The molecule has 0 aliphatic heterocycles. The number of carbonyl (C=O) groups is 2. The Balaban J connectivity index is 1.82. The number of hydrogen-bond acceptors (Lipinski definition) is 5. The molecule has 46 heavy (non-hydrogen) atoms. The van der Waals surface area contributed by atoms with Crippen LogP contribution >= 0.6 is 27.5 Å². The largest absolute Gasteiger partial charge is 0.495 e. The molecule has 0 aromatic heterocycles. The standard InChI is InChI=1S/C35H37BrClN3O5S/c1-4-25(2)38-35(42)32(21-26-11-7-5-8-12-26)39(23-27-15-17-28(36)18-16-27)34(41)24-40(29-19-20-33(45-3)31(37)22-29)46(43,44)30-13-9-6-10-14-30/h5-20,22,25,32H,4,21,23-24H2,1-3H3,(H,38,42). The molecule has 0 spiro atoms. The third-order valence-corrected chi connectivity index (χ3v) is 10.2. The number of anilines is 1. The van der Waals surface area contributed by atoms with Crippen LogP contribution in [-0.2, 0) is 32.6 Å². The fourth-order valence-electron chi connectivity index (χ4n) is 4.84. The van der Waals surface area contributed by atoms with Crippen molar-refractivity contribution in [2.24, 2.45) is 0 Å². The predicted molar refractivity (Wildman–Crippen MR) is 185 cm³/mol. The summed E-state index contributed by atoms with van der Waals surface area (Å²) in [5.41, 5.74) is 1.81. The molecule has 2 amide bonds. The molecule has 1 N–H and O–H groups in total. The summed E-state index contributed by atoms with van der Waals surface area (Å²) in [7, 11) is -2.79. The molecular formula is C35H37BrClN3O5S. The Hall–Kier alpha value is -3.86. The number of hydrogen-bond donors (Lipinski definition) is 1. The lowest BCUT2D eigenvalue weighted by Gasteiger charge is -2.34. The number of rotatable bonds is 14. The summed E-state index contributed by atoms with van der Waals surface area (Å²) in [6.07, 6.45) is 0.928. The zero-order chi connectivity index (χ0) is 33.3. The Morgan fingerprint density at radius 2 is 1.54 bits per heavy atom. The number of nitrogens with zero attached hydrogens (tertiary/aromatic N) is 2. The van der Waals surface area contributed by atoms with Gasteiger partial charge in [-0.2, -0.15) is 0 Å². The first kappa shape index (κ1) is 35.0. The Kier molecular flexibility index (Phi) is 12.3. The minimum atomic E-state index is -4.25. The fraction of sp³-hybridized carbons (Fsp3) is 0.257. The maximum Gasteiger partial charge on any atom is 0.264 e. The third-order valence-electron chi connectivity index (χ3n) is 7.57. The van der Waals surface area contributed by atoms with E-state index in [1.54, 1.807) is 24.3 Å². The molecule has 0 aliphatic carbocycles. The highest BCUT2D eigenvalue weighted by Gasteiger charge is 2.35. The fourth-order valence-corrected chi connectivity index (χ4v) is 6.78. The van der Waals surface area contributed by atoms with Gasteiger partial charge in [0.25, 0.3) is 10.0 Å². The van der Waals surface area contributed by atoms with Gasteiger partial charge in [0.15, 0.2) is 0 Å². The highest BCUT2D eigenvalue weighted by molar-refractivity contribution is 9.10. The Labute approximate surface area is 284 Å². The van der Waals surface area contributed by atoms with Crippen molar-refractivity contribution in [1.82, 2.24) is 10.2 Å². The number of ether oxygens (including phenoxy) is 1. The number of nitrogens with one attached hydrogen (secondary N) is 1. The lowest BCUT2D eigenvalue weighted by Crippen LogP contribution is -2.54. The predicted octanol–water partition coefficient (Wildman–Crippen LogP) is 6.86. The number of amides is 2. The van der Waals surface area contributed by atoms with Gasteiger partial charge < -0.3 is 15.0 Å². The second-order valence-electron chi connectivity index (χ2n) is 10.8. The summed E-state index contributed by atoms with van der Waals surface area (Å²) in [5, 5.41) is 3.22. The van der Waals surface area contributed by atoms with E-state index in [-0.39, 0.29) is 40.5 Å². The van der Waals surface area contributed by atoms with E-state index in [1.807, 2.05) is 68.4 Å². The molecule has 2 unspecified atom stereocenters. The maximum absolute atomic E-state index is 14.5. The highest BCUT2D eigenvalue weighted by atomic mass is 79.9. The van der Waals surface area contributed by atoms with Crippen LogP contribution in [0.5, 0.6) is 5.75 Å². The van der Waals surface area contributed by atoms with Crippen LogP contribution < -0.4 is 14.4 Å². The lowest BCUT2D eigenvalue weighted by atomic mass is 10.0. The van der Waals surface area contributed by atoms with Crippen LogP contribution in [0.2, 0.25) is 5.02 Å². The van der Waals surface area contributed by atoms with Gasteiger partial charge in [-0.25, -0.2) is 8.42 Å². The average molecular weight is 727 g/mol. The minimum Gasteiger partial charge on any atom is -0.495 e. The summed E-state index contributed by atoms with van der Waals surface area (Å²) in [6.45, 7) is 3.35. The number of sulfonamides is 1. The van der Waals surface area contributed by atoms with E-state index in [4.69, 9.17) is 16.3 Å². The van der Waals surface area contributed by atoms with Crippen molar-refractivity contribution in [2.75, 3.05) is 18.0 Å². The molecule has 0 bridgehead atoms. The number of halogens is 2. The van der Waals surface area contributed by atoms with Crippen LogP contribution in [-0.4, -0.2) is 50.9 Å². The van der Waals surface area contributed by atoms with Gasteiger partial charge in [0.05, 0.1) is 22.7 Å². The molecule has 4 aromatic carbocycles. The van der Waals surface area contributed by atoms with E-state index in [2.05, 4.69) is 21.2 Å². The molecule has 0 radical (unpaired) electrons. The summed E-state index contributed by atoms with van der Waals surface area (Å²) in [6, 6.07) is 28.2. The van der Waals surface area contributed by atoms with Gasteiger partial charge in [0.1, 0.15) is 18.3 Å². The first-order chi connectivity index (χ1) is 22.0. The van der Waals surface area contributed by atoms with E-state index in [9.17, 15) is 18.0 Å². The van der Waals surface area contributed by atoms with E-state index in [0.717, 1.165) is 19.9 Å². The van der Waals surface area contributed by atoms with Crippen LogP contribution in [0.15, 0.2) is 112 Å². The molecule has 0 heterocycles. The van der Waals surface area contributed by atoms with Crippen molar-refractivity contribution < 1.29 is 22.7 Å². The quantitative estimate of drug-likeness (QED) is 0.153. The summed E-state index contributed by atoms with van der Waals surface area (Å²) in [4.78, 5) is 29.9. The first-order valence-corrected chi connectivity index (χ1v) is 17.4. The smallest absolute Gasteiger partial charge is 0.264 e. The number of benzene rings is 4. The minimum absolute atomic E-state index is 0.00421. The second kappa shape index (κ2) is 16.1.